The van der Waals surface area contributed by atoms with E-state index in [0.29, 0.717) is 11.6 Å². The lowest BCUT2D eigenvalue weighted by Crippen LogP contribution is -2.40. The quantitative estimate of drug-likeness (QED) is 0.869. The number of halogens is 1. The molecule has 3 rings (SSSR count). The molecule has 1 saturated heterocycles. The van der Waals surface area contributed by atoms with E-state index in [-0.39, 0.29) is 24.2 Å². The molecule has 1 aromatic carbocycles. The number of aromatic nitrogens is 1. The summed E-state index contributed by atoms with van der Waals surface area (Å²) in [6.45, 7) is 3.51. The predicted octanol–water partition coefficient (Wildman–Crippen LogP) is 2.51. The fraction of sp³-hybridized carbons (Fsp3) is 0.444. The van der Waals surface area contributed by atoms with Crippen molar-refractivity contribution < 1.29 is 18.8 Å². The molecule has 6 nitrogen and oxygen atoms in total. The average Bonchev–Trinajstić information content (AvgIpc) is 3.00. The highest BCUT2D eigenvalue weighted by Crippen LogP contribution is 2.30. The van der Waals surface area contributed by atoms with Crippen LogP contribution in [0.5, 0.6) is 0 Å². The zero-order valence-electron chi connectivity index (χ0n) is 14.1. The largest absolute Gasteiger partial charge is 0.388 e. The molecule has 2 heterocycles. The second-order valence-electron chi connectivity index (χ2n) is 6.48. The van der Waals surface area contributed by atoms with Gasteiger partial charge in [0.15, 0.2) is 5.82 Å². The fourth-order valence-corrected chi connectivity index (χ4v) is 3.17. The van der Waals surface area contributed by atoms with E-state index in [9.17, 15) is 14.3 Å². The Morgan fingerprint density at radius 2 is 2.08 bits per heavy atom. The van der Waals surface area contributed by atoms with Gasteiger partial charge < -0.3 is 14.9 Å². The van der Waals surface area contributed by atoms with E-state index < -0.39 is 6.10 Å². The first-order valence-electron chi connectivity index (χ1n) is 8.40. The molecule has 0 radical (unpaired) electrons. The molecule has 2 aromatic rings. The number of aryl methyl sites for hydroxylation is 1. The summed E-state index contributed by atoms with van der Waals surface area (Å²) in [5.41, 5.74) is 0.735. The molecule has 1 aromatic heterocycles. The molecule has 1 atom stereocenters. The van der Waals surface area contributed by atoms with Gasteiger partial charge in [0.2, 0.25) is 5.91 Å². The van der Waals surface area contributed by atoms with Crippen molar-refractivity contribution in [3.05, 3.63) is 47.5 Å². The first kappa shape index (κ1) is 17.6. The molecule has 0 saturated carbocycles. The number of carbonyl (C=O) groups excluding carboxylic acids is 1. The van der Waals surface area contributed by atoms with Crippen LogP contribution in [0, 0.1) is 18.7 Å². The Morgan fingerprint density at radius 3 is 2.68 bits per heavy atom. The lowest BCUT2D eigenvalue weighted by Gasteiger charge is -2.33. The standard InChI is InChI=1S/C18H22FN3O3/c1-12-10-16(21-25-12)20-17(23)11-22-8-6-14(7-9-22)18(24)13-2-4-15(19)5-3-13/h2-5,10,14,18,24H,6-9,11H2,1H3,(H,20,21,23). The van der Waals surface area contributed by atoms with Crippen molar-refractivity contribution in [1.82, 2.24) is 10.1 Å². The molecular weight excluding hydrogens is 325 g/mol. The van der Waals surface area contributed by atoms with Gasteiger partial charge in [-0.3, -0.25) is 9.69 Å². The van der Waals surface area contributed by atoms with Crippen molar-refractivity contribution in [1.29, 1.82) is 0 Å². The highest BCUT2D eigenvalue weighted by atomic mass is 19.1. The minimum absolute atomic E-state index is 0.114. The van der Waals surface area contributed by atoms with Gasteiger partial charge in [-0.25, -0.2) is 4.39 Å². The van der Waals surface area contributed by atoms with E-state index in [1.165, 1.54) is 12.1 Å². The minimum Gasteiger partial charge on any atom is -0.388 e. The van der Waals surface area contributed by atoms with Crippen molar-refractivity contribution in [3.63, 3.8) is 0 Å². The molecule has 0 spiro atoms. The summed E-state index contributed by atoms with van der Waals surface area (Å²) >= 11 is 0. The van der Waals surface area contributed by atoms with Crippen LogP contribution < -0.4 is 5.32 Å². The van der Waals surface area contributed by atoms with E-state index in [1.807, 2.05) is 0 Å². The van der Waals surface area contributed by atoms with E-state index in [2.05, 4.69) is 15.4 Å². The molecule has 1 aliphatic heterocycles. The molecule has 0 aliphatic carbocycles. The van der Waals surface area contributed by atoms with Crippen molar-refractivity contribution >= 4 is 11.7 Å². The Morgan fingerprint density at radius 1 is 1.40 bits per heavy atom. The van der Waals surface area contributed by atoms with Gasteiger partial charge in [-0.2, -0.15) is 0 Å². The van der Waals surface area contributed by atoms with Crippen LogP contribution in [0.4, 0.5) is 10.2 Å². The average molecular weight is 347 g/mol. The molecule has 134 valence electrons. The number of benzene rings is 1. The Balaban J connectivity index is 1.46. The number of carbonyl (C=O) groups is 1. The zero-order chi connectivity index (χ0) is 17.8. The Labute approximate surface area is 145 Å². The van der Waals surface area contributed by atoms with Gasteiger partial charge in [0.1, 0.15) is 11.6 Å². The van der Waals surface area contributed by atoms with Crippen molar-refractivity contribution in [2.24, 2.45) is 5.92 Å². The zero-order valence-corrected chi connectivity index (χ0v) is 14.1. The summed E-state index contributed by atoms with van der Waals surface area (Å²) in [7, 11) is 0. The third-order valence-corrected chi connectivity index (χ3v) is 4.55. The van der Waals surface area contributed by atoms with Gasteiger partial charge >= 0.3 is 0 Å². The summed E-state index contributed by atoms with van der Waals surface area (Å²) in [6, 6.07) is 7.65. The molecule has 0 bridgehead atoms. The van der Waals surface area contributed by atoms with Crippen LogP contribution in [-0.2, 0) is 4.79 Å². The fourth-order valence-electron chi connectivity index (χ4n) is 3.17. The molecule has 2 N–H and O–H groups in total. The Hall–Kier alpha value is -2.25. The van der Waals surface area contributed by atoms with Crippen molar-refractivity contribution in [2.45, 2.75) is 25.9 Å². The first-order valence-corrected chi connectivity index (χ1v) is 8.40. The minimum atomic E-state index is -0.602. The number of piperidine rings is 1. The van der Waals surface area contributed by atoms with Gasteiger partial charge in [-0.1, -0.05) is 17.3 Å². The normalized spacial score (nSPS) is 17.4. The van der Waals surface area contributed by atoms with Crippen LogP contribution >= 0.6 is 0 Å². The molecule has 1 amide bonds. The lowest BCUT2D eigenvalue weighted by molar-refractivity contribution is -0.117. The summed E-state index contributed by atoms with van der Waals surface area (Å²) in [6.07, 6.45) is 0.971. The van der Waals surface area contributed by atoms with E-state index in [1.54, 1.807) is 25.1 Å². The topological polar surface area (TPSA) is 78.6 Å². The monoisotopic (exact) mass is 347 g/mol. The molecule has 1 fully saturated rings. The number of nitrogens with one attached hydrogen (secondary N) is 1. The SMILES string of the molecule is Cc1cc(NC(=O)CN2CCC(C(O)c3ccc(F)cc3)CC2)no1. The lowest BCUT2D eigenvalue weighted by atomic mass is 9.87. The summed E-state index contributed by atoms with van der Waals surface area (Å²) in [5, 5.41) is 16.9. The van der Waals surface area contributed by atoms with Gasteiger partial charge in [0.05, 0.1) is 12.6 Å². The third kappa shape index (κ3) is 4.64. The highest BCUT2D eigenvalue weighted by molar-refractivity contribution is 5.91. The summed E-state index contributed by atoms with van der Waals surface area (Å²) in [4.78, 5) is 14.1. The number of aliphatic hydroxyl groups is 1. The molecule has 1 aliphatic rings. The smallest absolute Gasteiger partial charge is 0.239 e. The van der Waals surface area contributed by atoms with Gasteiger partial charge in [0, 0.05) is 6.07 Å². The van der Waals surface area contributed by atoms with Crippen LogP contribution in [0.3, 0.4) is 0 Å². The number of hydrogen-bond acceptors (Lipinski definition) is 5. The van der Waals surface area contributed by atoms with Crippen LogP contribution in [0.1, 0.15) is 30.3 Å². The number of hydrogen-bond donors (Lipinski definition) is 2. The number of nitrogens with zero attached hydrogens (tertiary/aromatic N) is 2. The third-order valence-electron chi connectivity index (χ3n) is 4.55. The van der Waals surface area contributed by atoms with E-state index >= 15 is 0 Å². The number of anilines is 1. The van der Waals surface area contributed by atoms with E-state index in [0.717, 1.165) is 31.5 Å². The Bertz CT molecular complexity index is 709. The molecular formula is C18H22FN3O3. The van der Waals surface area contributed by atoms with Crippen molar-refractivity contribution in [3.8, 4) is 0 Å². The van der Waals surface area contributed by atoms with Crippen LogP contribution in [-0.4, -0.2) is 40.7 Å². The number of rotatable bonds is 5. The van der Waals surface area contributed by atoms with Gasteiger partial charge in [-0.15, -0.1) is 0 Å². The first-order chi connectivity index (χ1) is 12.0. The second-order valence-corrected chi connectivity index (χ2v) is 6.48. The maximum atomic E-state index is 13.0. The van der Waals surface area contributed by atoms with Gasteiger partial charge in [-0.05, 0) is 56.5 Å². The second kappa shape index (κ2) is 7.76. The number of amides is 1. The van der Waals surface area contributed by atoms with Crippen molar-refractivity contribution in [2.75, 3.05) is 25.0 Å². The number of aliphatic hydroxyl groups excluding tert-OH is 1. The molecule has 1 unspecified atom stereocenters. The highest BCUT2D eigenvalue weighted by Gasteiger charge is 2.27. The Kier molecular flexibility index (Phi) is 5.45. The van der Waals surface area contributed by atoms with Crippen LogP contribution in [0.15, 0.2) is 34.9 Å². The van der Waals surface area contributed by atoms with Crippen LogP contribution in [0.25, 0.3) is 0 Å². The molecule has 7 heteroatoms. The van der Waals surface area contributed by atoms with Crippen LogP contribution in [0.2, 0.25) is 0 Å². The predicted molar refractivity (Wildman–Crippen MR) is 90.4 cm³/mol. The van der Waals surface area contributed by atoms with E-state index in [4.69, 9.17) is 4.52 Å². The summed E-state index contributed by atoms with van der Waals surface area (Å²) < 4.78 is 17.9. The maximum absolute atomic E-state index is 13.0. The van der Waals surface area contributed by atoms with Gasteiger partial charge in [0.25, 0.3) is 0 Å². The summed E-state index contributed by atoms with van der Waals surface area (Å²) in [5.74, 6) is 0.739. The number of likely N-dealkylation sites (tertiary alicyclic amines) is 1. The maximum Gasteiger partial charge on any atom is 0.239 e. The molecule has 25 heavy (non-hydrogen) atoms.